The van der Waals surface area contributed by atoms with E-state index in [1.54, 1.807) is 12.5 Å². The fraction of sp³-hybridized carbons (Fsp3) is 0. The van der Waals surface area contributed by atoms with Crippen LogP contribution >= 0.6 is 12.4 Å². The number of hydrogen-bond donors (Lipinski definition) is 1. The van der Waals surface area contributed by atoms with Crippen LogP contribution < -0.4 is 0 Å². The molecule has 0 amide bonds. The summed E-state index contributed by atoms with van der Waals surface area (Å²) in [4.78, 5) is 11.7. The molecule has 4 aromatic rings. The molecule has 0 radical (unpaired) electrons. The van der Waals surface area contributed by atoms with Gasteiger partial charge in [0.25, 0.3) is 0 Å². The van der Waals surface area contributed by atoms with Crippen molar-refractivity contribution < 1.29 is 4.42 Å². The van der Waals surface area contributed by atoms with Gasteiger partial charge in [0.05, 0.1) is 23.6 Å². The second kappa shape index (κ2) is 5.42. The van der Waals surface area contributed by atoms with E-state index in [2.05, 4.69) is 15.0 Å². The third-order valence-corrected chi connectivity index (χ3v) is 3.23. The molecule has 0 saturated carbocycles. The predicted octanol–water partition coefficient (Wildman–Crippen LogP) is 4.31. The van der Waals surface area contributed by atoms with Crippen molar-refractivity contribution in [2.45, 2.75) is 0 Å². The van der Waals surface area contributed by atoms with Gasteiger partial charge in [-0.2, -0.15) is 0 Å². The highest BCUT2D eigenvalue weighted by Crippen LogP contribution is 2.27. The molecule has 21 heavy (non-hydrogen) atoms. The van der Waals surface area contributed by atoms with E-state index in [0.29, 0.717) is 5.89 Å². The van der Waals surface area contributed by atoms with Crippen molar-refractivity contribution in [3.05, 3.63) is 61.1 Å². The van der Waals surface area contributed by atoms with E-state index in [1.165, 1.54) is 0 Å². The molecular formula is C16H12ClN3O. The molecule has 104 valence electrons. The van der Waals surface area contributed by atoms with E-state index in [4.69, 9.17) is 4.42 Å². The number of benzene rings is 2. The average Bonchev–Trinajstić information content (AvgIpc) is 3.16. The fourth-order valence-corrected chi connectivity index (χ4v) is 2.21. The van der Waals surface area contributed by atoms with E-state index < -0.39 is 0 Å². The van der Waals surface area contributed by atoms with Gasteiger partial charge in [-0.15, -0.1) is 12.4 Å². The lowest BCUT2D eigenvalue weighted by atomic mass is 10.2. The number of oxazole rings is 1. The molecule has 2 heterocycles. The quantitative estimate of drug-likeness (QED) is 0.600. The van der Waals surface area contributed by atoms with E-state index in [0.717, 1.165) is 27.9 Å². The molecule has 2 aromatic carbocycles. The van der Waals surface area contributed by atoms with Crippen molar-refractivity contribution in [3.8, 4) is 22.8 Å². The van der Waals surface area contributed by atoms with Gasteiger partial charge >= 0.3 is 0 Å². The second-order valence-electron chi connectivity index (χ2n) is 4.53. The van der Waals surface area contributed by atoms with Gasteiger partial charge < -0.3 is 9.40 Å². The maximum atomic E-state index is 5.83. The van der Waals surface area contributed by atoms with Gasteiger partial charge in [0, 0.05) is 11.1 Å². The van der Waals surface area contributed by atoms with Crippen molar-refractivity contribution in [2.24, 2.45) is 0 Å². The van der Waals surface area contributed by atoms with Crippen molar-refractivity contribution in [1.29, 1.82) is 0 Å². The molecule has 0 aliphatic carbocycles. The summed E-state index contributed by atoms with van der Waals surface area (Å²) in [6, 6.07) is 15.9. The summed E-state index contributed by atoms with van der Waals surface area (Å²) in [5, 5.41) is 0. The Hall–Kier alpha value is -2.59. The highest BCUT2D eigenvalue weighted by Gasteiger charge is 2.09. The minimum Gasteiger partial charge on any atom is -0.436 e. The van der Waals surface area contributed by atoms with Crippen LogP contribution in [0.4, 0.5) is 0 Å². The summed E-state index contributed by atoms with van der Waals surface area (Å²) in [5.74, 6) is 1.37. The molecule has 0 fully saturated rings. The van der Waals surface area contributed by atoms with Crippen LogP contribution in [-0.4, -0.2) is 15.0 Å². The summed E-state index contributed by atoms with van der Waals surface area (Å²) >= 11 is 0. The third kappa shape index (κ3) is 2.41. The number of H-pyrrole nitrogens is 1. The predicted molar refractivity (Wildman–Crippen MR) is 84.3 cm³/mol. The Labute approximate surface area is 127 Å². The first-order valence-corrected chi connectivity index (χ1v) is 6.35. The number of nitrogens with zero attached hydrogens (tertiary/aromatic N) is 2. The first kappa shape index (κ1) is 13.4. The normalized spacial score (nSPS) is 10.5. The number of halogens is 1. The Kier molecular flexibility index (Phi) is 3.46. The van der Waals surface area contributed by atoms with Crippen LogP contribution in [0.5, 0.6) is 0 Å². The van der Waals surface area contributed by atoms with Crippen LogP contribution in [0.1, 0.15) is 0 Å². The molecular weight excluding hydrogens is 286 g/mol. The van der Waals surface area contributed by atoms with Gasteiger partial charge in [-0.1, -0.05) is 30.3 Å². The van der Waals surface area contributed by atoms with Crippen LogP contribution in [-0.2, 0) is 0 Å². The van der Waals surface area contributed by atoms with Crippen molar-refractivity contribution in [2.75, 3.05) is 0 Å². The number of aromatic amines is 1. The Morgan fingerprint density at radius 3 is 2.62 bits per heavy atom. The molecule has 0 spiro atoms. The summed E-state index contributed by atoms with van der Waals surface area (Å²) in [5.41, 5.74) is 3.85. The minimum atomic E-state index is 0. The zero-order valence-electron chi connectivity index (χ0n) is 11.0. The summed E-state index contributed by atoms with van der Waals surface area (Å²) in [6.45, 7) is 0. The van der Waals surface area contributed by atoms with Crippen LogP contribution in [0.25, 0.3) is 33.8 Å². The Bertz CT molecular complexity index is 867. The van der Waals surface area contributed by atoms with E-state index >= 15 is 0 Å². The first-order chi connectivity index (χ1) is 9.90. The highest BCUT2D eigenvalue weighted by molar-refractivity contribution is 5.85. The maximum absolute atomic E-state index is 5.83. The molecule has 1 N–H and O–H groups in total. The van der Waals surface area contributed by atoms with Crippen LogP contribution in [0, 0.1) is 0 Å². The molecule has 0 atom stereocenters. The van der Waals surface area contributed by atoms with E-state index in [1.807, 2.05) is 48.5 Å². The number of aromatic nitrogens is 3. The Morgan fingerprint density at radius 1 is 0.905 bits per heavy atom. The first-order valence-electron chi connectivity index (χ1n) is 6.35. The van der Waals surface area contributed by atoms with Crippen LogP contribution in [0.15, 0.2) is 65.5 Å². The van der Waals surface area contributed by atoms with Gasteiger partial charge in [0.2, 0.25) is 5.89 Å². The zero-order valence-corrected chi connectivity index (χ0v) is 11.8. The largest absolute Gasteiger partial charge is 0.436 e. The molecule has 0 saturated heterocycles. The van der Waals surface area contributed by atoms with Gasteiger partial charge in [0.15, 0.2) is 5.76 Å². The van der Waals surface area contributed by atoms with Crippen LogP contribution in [0.3, 0.4) is 0 Å². The lowest BCUT2D eigenvalue weighted by molar-refractivity contribution is 0.589. The van der Waals surface area contributed by atoms with Crippen molar-refractivity contribution in [1.82, 2.24) is 15.0 Å². The number of rotatable bonds is 2. The molecule has 0 aliphatic rings. The topological polar surface area (TPSA) is 54.7 Å². The Balaban J connectivity index is 0.00000132. The van der Waals surface area contributed by atoms with Gasteiger partial charge in [-0.3, -0.25) is 0 Å². The summed E-state index contributed by atoms with van der Waals surface area (Å²) in [7, 11) is 0. The number of fused-ring (bicyclic) bond motifs is 1. The molecule has 4 nitrogen and oxygen atoms in total. The molecule has 0 bridgehead atoms. The second-order valence-corrected chi connectivity index (χ2v) is 4.53. The highest BCUT2D eigenvalue weighted by atomic mass is 35.5. The van der Waals surface area contributed by atoms with Crippen LogP contribution in [0.2, 0.25) is 0 Å². The molecule has 2 aromatic heterocycles. The van der Waals surface area contributed by atoms with Gasteiger partial charge in [-0.05, 0) is 18.2 Å². The lowest BCUT2D eigenvalue weighted by Crippen LogP contribution is -1.77. The third-order valence-electron chi connectivity index (χ3n) is 3.23. The summed E-state index contributed by atoms with van der Waals surface area (Å²) in [6.07, 6.45) is 3.43. The van der Waals surface area contributed by atoms with E-state index in [9.17, 15) is 0 Å². The molecule has 4 rings (SSSR count). The minimum absolute atomic E-state index is 0. The number of hydrogen-bond acceptors (Lipinski definition) is 3. The molecule has 0 unspecified atom stereocenters. The molecule has 0 aliphatic heterocycles. The molecule has 5 heteroatoms. The van der Waals surface area contributed by atoms with Gasteiger partial charge in [0.1, 0.15) is 0 Å². The van der Waals surface area contributed by atoms with E-state index in [-0.39, 0.29) is 12.4 Å². The fourth-order valence-electron chi connectivity index (χ4n) is 2.21. The SMILES string of the molecule is Cl.c1ccc(-c2cnc(-c3ccc4[nH]cnc4c3)o2)cc1. The smallest absolute Gasteiger partial charge is 0.226 e. The number of imidazole rings is 1. The van der Waals surface area contributed by atoms with Crippen molar-refractivity contribution >= 4 is 23.4 Å². The number of nitrogens with one attached hydrogen (secondary N) is 1. The van der Waals surface area contributed by atoms with Crippen molar-refractivity contribution in [3.63, 3.8) is 0 Å². The average molecular weight is 298 g/mol. The summed E-state index contributed by atoms with van der Waals surface area (Å²) < 4.78 is 5.83. The standard InChI is InChI=1S/C16H11N3O.ClH/c1-2-4-11(5-3-1)15-9-17-16(20-15)12-6-7-13-14(8-12)19-10-18-13;/h1-10H,(H,18,19);1H. The Morgan fingerprint density at radius 2 is 1.76 bits per heavy atom. The maximum Gasteiger partial charge on any atom is 0.226 e. The van der Waals surface area contributed by atoms with Gasteiger partial charge in [-0.25, -0.2) is 9.97 Å². The monoisotopic (exact) mass is 297 g/mol. The zero-order chi connectivity index (χ0) is 13.4. The lowest BCUT2D eigenvalue weighted by Gasteiger charge is -1.96.